The minimum absolute atomic E-state index is 0.0136. The van der Waals surface area contributed by atoms with Crippen LogP contribution in [0.15, 0.2) is 25.3 Å². The van der Waals surface area contributed by atoms with Gasteiger partial charge >= 0.3 is 23.9 Å². The number of rotatable bonds is 18. The van der Waals surface area contributed by atoms with Crippen molar-refractivity contribution in [1.82, 2.24) is 20.4 Å². The van der Waals surface area contributed by atoms with Crippen molar-refractivity contribution in [2.45, 2.75) is 0 Å². The minimum Gasteiger partial charge on any atom is -0.480 e. The number of carboxylic acid groups (broad SMARTS) is 2. The number of ether oxygens (including phenoxy) is 2. The van der Waals surface area contributed by atoms with E-state index in [2.05, 4.69) is 23.8 Å². The van der Waals surface area contributed by atoms with Crippen LogP contribution >= 0.6 is 0 Å². The van der Waals surface area contributed by atoms with Crippen LogP contribution in [0.5, 0.6) is 0 Å². The van der Waals surface area contributed by atoms with Crippen LogP contribution in [0.3, 0.4) is 0 Å². The highest BCUT2D eigenvalue weighted by Gasteiger charge is 2.22. The van der Waals surface area contributed by atoms with Gasteiger partial charge in [-0.25, -0.2) is 0 Å². The summed E-state index contributed by atoms with van der Waals surface area (Å²) in [5, 5.41) is 22.9. The van der Waals surface area contributed by atoms with Crippen LogP contribution in [0, 0.1) is 0 Å². The van der Waals surface area contributed by atoms with Gasteiger partial charge in [0.25, 0.3) is 0 Å². The van der Waals surface area contributed by atoms with Gasteiger partial charge in [-0.05, 0) is 12.2 Å². The molecule has 0 rings (SSSR count). The van der Waals surface area contributed by atoms with E-state index in [9.17, 15) is 28.8 Å². The summed E-state index contributed by atoms with van der Waals surface area (Å²) >= 11 is 0. The molecule has 0 spiro atoms. The lowest BCUT2D eigenvalue weighted by Crippen LogP contribution is -2.47. The van der Waals surface area contributed by atoms with Crippen molar-refractivity contribution in [3.05, 3.63) is 25.3 Å². The first kappa shape index (κ1) is 29.2. The summed E-state index contributed by atoms with van der Waals surface area (Å²) in [5.74, 6) is -5.15. The minimum atomic E-state index is -1.29. The Morgan fingerprint density at radius 3 is 1.36 bits per heavy atom. The molecule has 0 aromatic carbocycles. The summed E-state index contributed by atoms with van der Waals surface area (Å²) in [5.41, 5.74) is 0. The molecule has 0 saturated heterocycles. The van der Waals surface area contributed by atoms with Crippen LogP contribution in [0.1, 0.15) is 0 Å². The lowest BCUT2D eigenvalue weighted by molar-refractivity contribution is -0.149. The lowest BCUT2D eigenvalue weighted by atomic mass is 10.4. The average molecular weight is 472 g/mol. The highest BCUT2D eigenvalue weighted by molar-refractivity contribution is 5.87. The summed E-state index contributed by atoms with van der Waals surface area (Å²) in [6.07, 6.45) is 2.07. The van der Waals surface area contributed by atoms with Crippen molar-refractivity contribution in [3.63, 3.8) is 0 Å². The molecule has 0 radical (unpaired) electrons. The molecular formula is C19H28N4O10. The lowest BCUT2D eigenvalue weighted by Gasteiger charge is -2.27. The zero-order valence-corrected chi connectivity index (χ0v) is 18.0. The fourth-order valence-corrected chi connectivity index (χ4v) is 2.26. The molecule has 0 aromatic rings. The third kappa shape index (κ3) is 16.6. The van der Waals surface area contributed by atoms with Gasteiger partial charge in [-0.1, -0.05) is 13.2 Å². The summed E-state index contributed by atoms with van der Waals surface area (Å²) in [4.78, 5) is 70.4. The molecule has 0 aliphatic carbocycles. The molecule has 0 bridgehead atoms. The van der Waals surface area contributed by atoms with Crippen molar-refractivity contribution < 1.29 is 48.5 Å². The number of aliphatic carboxylic acids is 2. The normalized spacial score (nSPS) is 10.2. The monoisotopic (exact) mass is 472 g/mol. The number of nitrogens with one attached hydrogen (secondary N) is 2. The highest BCUT2D eigenvalue weighted by Crippen LogP contribution is 1.98. The second kappa shape index (κ2) is 16.9. The first-order valence-electron chi connectivity index (χ1n) is 9.57. The van der Waals surface area contributed by atoms with E-state index < -0.39 is 61.9 Å². The maximum atomic E-state index is 12.0. The number of hydrogen-bond donors (Lipinski definition) is 4. The molecule has 0 unspecified atom stereocenters. The Balaban J connectivity index is 4.80. The molecular weight excluding hydrogens is 444 g/mol. The number of carboxylic acids is 2. The number of nitrogens with zero attached hydrogens (tertiary/aromatic N) is 2. The molecule has 0 aliphatic heterocycles. The maximum absolute atomic E-state index is 12.0. The van der Waals surface area contributed by atoms with Gasteiger partial charge in [0.2, 0.25) is 11.8 Å². The van der Waals surface area contributed by atoms with Crippen molar-refractivity contribution >= 4 is 35.7 Å². The Labute approximate surface area is 189 Å². The maximum Gasteiger partial charge on any atom is 0.320 e. The molecule has 14 nitrogen and oxygen atoms in total. The van der Waals surface area contributed by atoms with Gasteiger partial charge in [-0.3, -0.25) is 38.6 Å². The van der Waals surface area contributed by atoms with Gasteiger partial charge in [0.05, 0.1) is 45.9 Å². The number of carbonyl (C=O) groups excluding carboxylic acids is 4. The van der Waals surface area contributed by atoms with Gasteiger partial charge in [0.15, 0.2) is 0 Å². The van der Waals surface area contributed by atoms with E-state index in [4.69, 9.17) is 19.7 Å². The average Bonchev–Trinajstić information content (AvgIpc) is 2.72. The molecule has 0 saturated carbocycles. The fraction of sp³-hybridized carbons (Fsp3) is 0.474. The summed E-state index contributed by atoms with van der Waals surface area (Å²) in [6, 6.07) is 0. The SMILES string of the molecule is C=CC(=O)NCCOC(=O)CN(CC(=O)O)CN(CC(=O)O)CC(=O)OCCNC(=O)C=C. The van der Waals surface area contributed by atoms with Crippen LogP contribution in [-0.2, 0) is 38.2 Å². The first-order chi connectivity index (χ1) is 15.6. The third-order valence-electron chi connectivity index (χ3n) is 3.52. The van der Waals surface area contributed by atoms with E-state index in [1.165, 1.54) is 0 Å². The standard InChI is InChI=1S/C19H28N4O10/c1-3-14(24)20-5-7-32-18(30)11-22(9-16(26)27)13-23(10-17(28)29)12-19(31)33-8-6-21-15(25)4-2/h3-4H,1-2,5-13H2,(H,20,24)(H,21,25)(H,26,27)(H,28,29). The quantitative estimate of drug-likeness (QED) is 0.0705. The Morgan fingerprint density at radius 1 is 0.697 bits per heavy atom. The zero-order chi connectivity index (χ0) is 25.2. The van der Waals surface area contributed by atoms with Crippen LogP contribution in [-0.4, -0.2) is 115 Å². The van der Waals surface area contributed by atoms with Gasteiger partial charge in [-0.2, -0.15) is 0 Å². The Kier molecular flexibility index (Phi) is 14.9. The number of carbonyl (C=O) groups is 6. The van der Waals surface area contributed by atoms with E-state index in [-0.39, 0.29) is 33.0 Å². The molecule has 0 fully saturated rings. The van der Waals surface area contributed by atoms with Crippen molar-refractivity contribution in [3.8, 4) is 0 Å². The van der Waals surface area contributed by atoms with Gasteiger partial charge in [0, 0.05) is 0 Å². The summed E-state index contributed by atoms with van der Waals surface area (Å²) < 4.78 is 9.79. The Bertz CT molecular complexity index is 680. The molecule has 0 atom stereocenters. The highest BCUT2D eigenvalue weighted by atomic mass is 16.5. The third-order valence-corrected chi connectivity index (χ3v) is 3.52. The molecule has 2 amide bonds. The predicted molar refractivity (Wildman–Crippen MR) is 112 cm³/mol. The van der Waals surface area contributed by atoms with Crippen LogP contribution in [0.2, 0.25) is 0 Å². The number of hydrogen-bond acceptors (Lipinski definition) is 10. The van der Waals surface area contributed by atoms with E-state index >= 15 is 0 Å². The Morgan fingerprint density at radius 2 is 1.06 bits per heavy atom. The van der Waals surface area contributed by atoms with E-state index in [0.717, 1.165) is 22.0 Å². The van der Waals surface area contributed by atoms with E-state index in [1.807, 2.05) is 0 Å². The zero-order valence-electron chi connectivity index (χ0n) is 18.0. The van der Waals surface area contributed by atoms with Crippen LogP contribution < -0.4 is 10.6 Å². The number of esters is 2. The van der Waals surface area contributed by atoms with Gasteiger partial charge in [-0.15, -0.1) is 0 Å². The molecule has 0 aliphatic rings. The van der Waals surface area contributed by atoms with Crippen LogP contribution in [0.4, 0.5) is 0 Å². The summed E-state index contributed by atoms with van der Waals surface area (Å²) in [7, 11) is 0. The van der Waals surface area contributed by atoms with Crippen LogP contribution in [0.25, 0.3) is 0 Å². The van der Waals surface area contributed by atoms with E-state index in [0.29, 0.717) is 0 Å². The van der Waals surface area contributed by atoms with Crippen molar-refractivity contribution in [2.24, 2.45) is 0 Å². The molecule has 0 heterocycles. The summed E-state index contributed by atoms with van der Waals surface area (Å²) in [6.45, 7) is 3.52. The fourth-order valence-electron chi connectivity index (χ4n) is 2.26. The first-order valence-corrected chi connectivity index (χ1v) is 9.57. The largest absolute Gasteiger partial charge is 0.480 e. The Hall–Kier alpha value is -3.78. The molecule has 184 valence electrons. The second-order valence-electron chi connectivity index (χ2n) is 6.33. The topological polar surface area (TPSA) is 192 Å². The second-order valence-corrected chi connectivity index (χ2v) is 6.33. The predicted octanol–water partition coefficient (Wildman–Crippen LogP) is -2.59. The molecule has 33 heavy (non-hydrogen) atoms. The molecule has 0 aromatic heterocycles. The van der Waals surface area contributed by atoms with Gasteiger partial charge < -0.3 is 30.3 Å². The number of amides is 2. The van der Waals surface area contributed by atoms with Gasteiger partial charge in [0.1, 0.15) is 13.2 Å². The molecule has 14 heteroatoms. The molecule has 4 N–H and O–H groups in total. The van der Waals surface area contributed by atoms with Crippen molar-refractivity contribution in [2.75, 3.05) is 59.2 Å². The van der Waals surface area contributed by atoms with E-state index in [1.54, 1.807) is 0 Å². The van der Waals surface area contributed by atoms with Crippen molar-refractivity contribution in [1.29, 1.82) is 0 Å². The smallest absolute Gasteiger partial charge is 0.320 e.